The monoisotopic (exact) mass is 724 g/mol. The first kappa shape index (κ1) is 33.9. The Kier molecular flexibility index (Phi) is 10.5. The lowest BCUT2D eigenvalue weighted by Gasteiger charge is -2.53. The van der Waals surface area contributed by atoms with Crippen molar-refractivity contribution in [3.05, 3.63) is 39.9 Å². The number of rotatable bonds is 14. The summed E-state index contributed by atoms with van der Waals surface area (Å²) >= 11 is 9.31. The van der Waals surface area contributed by atoms with Gasteiger partial charge in [-0.15, -0.1) is 28.2 Å². The van der Waals surface area contributed by atoms with E-state index in [0.29, 0.717) is 11.6 Å². The Balaban J connectivity index is 1.22. The number of tetrazole rings is 1. The third kappa shape index (κ3) is 7.42. The van der Waals surface area contributed by atoms with Crippen LogP contribution in [0.25, 0.3) is 0 Å². The molecule has 2 fully saturated rings. The Hall–Kier alpha value is -4.47. The average molecular weight is 725 g/mol. The predicted molar refractivity (Wildman–Crippen MR) is 169 cm³/mol. The summed E-state index contributed by atoms with van der Waals surface area (Å²) < 4.78 is 1.42. The second-order valence-corrected chi connectivity index (χ2v) is 13.4. The van der Waals surface area contributed by atoms with Crippen molar-refractivity contribution in [2.75, 3.05) is 36.5 Å². The number of carboxylic acid groups (broad SMARTS) is 1. The van der Waals surface area contributed by atoms with Gasteiger partial charge in [0.25, 0.3) is 11.8 Å². The number of hydrogen-bond donors (Lipinski definition) is 5. The molecule has 2 aliphatic rings. The highest BCUT2D eigenvalue weighted by molar-refractivity contribution is 8.00. The maximum Gasteiger partial charge on any atom is 0.313 e. The highest BCUT2D eigenvalue weighted by Gasteiger charge is 2.57. The fraction of sp³-hybridized carbons (Fsp3) is 0.360. The van der Waals surface area contributed by atoms with E-state index in [-0.39, 0.29) is 64.1 Å². The molecule has 4 heterocycles. The molecular weight excluding hydrogens is 700 g/mol. The largest absolute Gasteiger partial charge is 0.507 e. The number of carbonyl (C=O) groups excluding carboxylic acids is 4. The third-order valence-electron chi connectivity index (χ3n) is 6.93. The van der Waals surface area contributed by atoms with Crippen molar-refractivity contribution in [1.29, 1.82) is 0 Å². The van der Waals surface area contributed by atoms with Gasteiger partial charge in [-0.2, -0.15) is 0 Å². The molecule has 47 heavy (non-hydrogen) atoms. The highest BCUT2D eigenvalue weighted by atomic mass is 35.5. The van der Waals surface area contributed by atoms with Crippen molar-refractivity contribution in [1.82, 2.24) is 40.7 Å². The van der Waals surface area contributed by atoms with Crippen molar-refractivity contribution in [2.24, 2.45) is 17.6 Å². The summed E-state index contributed by atoms with van der Waals surface area (Å²) in [6.45, 7) is -0.329. The van der Waals surface area contributed by atoms with Gasteiger partial charge < -0.3 is 35.9 Å². The van der Waals surface area contributed by atoms with Gasteiger partial charge in [0.15, 0.2) is 10.8 Å². The number of nitrogens with zero attached hydrogens (tertiary/aromatic N) is 7. The molecule has 3 aromatic rings. The number of halogens is 1. The van der Waals surface area contributed by atoms with Gasteiger partial charge in [-0.05, 0) is 28.6 Å². The number of fused-ring (bicyclic) bond motifs is 1. The molecule has 5 N–H and O–H groups in total. The van der Waals surface area contributed by atoms with Gasteiger partial charge in [0, 0.05) is 35.5 Å². The second kappa shape index (κ2) is 14.5. The van der Waals surface area contributed by atoms with Gasteiger partial charge in [-0.1, -0.05) is 28.5 Å². The van der Waals surface area contributed by atoms with Crippen LogP contribution in [0, 0.1) is 5.41 Å². The molecule has 1 aromatic carbocycles. The zero-order valence-electron chi connectivity index (χ0n) is 24.2. The summed E-state index contributed by atoms with van der Waals surface area (Å²) in [6.07, 6.45) is 0.415. The number of aryl methyl sites for hydroxylation is 1. The predicted octanol–water partition coefficient (Wildman–Crippen LogP) is 0.00780. The second-order valence-electron chi connectivity index (χ2n) is 10.1. The first-order chi connectivity index (χ1) is 22.5. The van der Waals surface area contributed by atoms with Gasteiger partial charge >= 0.3 is 5.97 Å². The minimum Gasteiger partial charge on any atom is -0.507 e. The Morgan fingerprint density at radius 2 is 2.15 bits per heavy atom. The molecule has 0 spiro atoms. The lowest BCUT2D eigenvalue weighted by Crippen LogP contribution is -2.74. The van der Waals surface area contributed by atoms with E-state index in [1.807, 2.05) is 0 Å². The van der Waals surface area contributed by atoms with E-state index in [0.717, 1.165) is 11.3 Å². The summed E-state index contributed by atoms with van der Waals surface area (Å²) in [5.74, 6) is -2.94. The number of carbonyl (C=O) groups is 5. The topological polar surface area (TPSA) is 243 Å². The average Bonchev–Trinajstić information content (AvgIpc) is 3.69. The number of nitrogens with one attached hydrogen (secondary N) is 3. The third-order valence-corrected chi connectivity index (χ3v) is 10.8. The number of carboxylic acids is 1. The number of phenols is 1. The maximum atomic E-state index is 13.4. The summed E-state index contributed by atoms with van der Waals surface area (Å²) in [5.41, 5.74) is -1.57. The number of benzene rings is 1. The number of anilines is 1. The molecule has 2 aliphatic heterocycles. The van der Waals surface area contributed by atoms with Gasteiger partial charge in [0.1, 0.15) is 34.9 Å². The normalized spacial score (nSPS) is 20.5. The lowest BCUT2D eigenvalue weighted by atomic mass is 9.89. The number of aromatic hydroxyl groups is 1. The highest BCUT2D eigenvalue weighted by Crippen LogP contribution is 2.44. The summed E-state index contributed by atoms with van der Waals surface area (Å²) in [6, 6.07) is 3.03. The molecule has 22 heteroatoms. The Morgan fingerprint density at radius 1 is 1.34 bits per heavy atom. The molecule has 0 aliphatic carbocycles. The number of hydrogen-bond acceptors (Lipinski definition) is 15. The molecule has 2 unspecified atom stereocenters. The molecule has 0 saturated carbocycles. The number of thiazole rings is 1. The van der Waals surface area contributed by atoms with Crippen LogP contribution in [-0.2, 0) is 31.1 Å². The van der Waals surface area contributed by atoms with Gasteiger partial charge in [0.2, 0.25) is 17.5 Å². The van der Waals surface area contributed by atoms with Crippen molar-refractivity contribution >= 4 is 87.4 Å². The fourth-order valence-corrected chi connectivity index (χ4v) is 8.01. The van der Waals surface area contributed by atoms with Gasteiger partial charge in [0.05, 0.1) is 12.1 Å². The Labute approximate surface area is 282 Å². The number of aliphatic carboxylic acids is 1. The van der Waals surface area contributed by atoms with E-state index < -0.39 is 40.5 Å². The van der Waals surface area contributed by atoms with Crippen LogP contribution < -0.4 is 16.0 Å². The zero-order valence-corrected chi connectivity index (χ0v) is 27.4. The first-order valence-corrected chi connectivity index (χ1v) is 16.8. The van der Waals surface area contributed by atoms with Crippen molar-refractivity contribution in [3.8, 4) is 5.75 Å². The minimum atomic E-state index is -1.27. The van der Waals surface area contributed by atoms with Crippen LogP contribution in [0.1, 0.15) is 16.1 Å². The Morgan fingerprint density at radius 3 is 2.87 bits per heavy atom. The summed E-state index contributed by atoms with van der Waals surface area (Å²) in [5, 5.41) is 44.4. The van der Waals surface area contributed by atoms with Crippen LogP contribution in [0.5, 0.6) is 5.75 Å². The van der Waals surface area contributed by atoms with E-state index in [1.54, 1.807) is 7.05 Å². The summed E-state index contributed by atoms with van der Waals surface area (Å²) in [4.78, 5) is 73.0. The molecule has 4 amide bonds. The number of aromatic nitrogens is 5. The first-order valence-electron chi connectivity index (χ1n) is 13.5. The van der Waals surface area contributed by atoms with Crippen LogP contribution >= 0.6 is 46.5 Å². The molecule has 0 bridgehead atoms. The number of amides is 4. The van der Waals surface area contributed by atoms with Crippen LogP contribution in [-0.4, -0.2) is 119 Å². The van der Waals surface area contributed by atoms with Crippen LogP contribution in [0.4, 0.5) is 5.13 Å². The quantitative estimate of drug-likeness (QED) is 0.0367. The van der Waals surface area contributed by atoms with Crippen LogP contribution in [0.2, 0.25) is 5.02 Å². The van der Waals surface area contributed by atoms with Crippen molar-refractivity contribution < 1.29 is 39.0 Å². The van der Waals surface area contributed by atoms with Crippen LogP contribution in [0.15, 0.2) is 33.9 Å². The zero-order chi connectivity index (χ0) is 33.7. The SMILES string of the molecule is Cn1nnnc1SCC1(C(=O)O)CS[C@@H]2C(NC(=O)C(=NOCCNC(=O)c3cc(Cl)ccc3O)c3csc(NC=O)n3)C(=O)N2C1. The molecule has 2 aromatic heterocycles. The van der Waals surface area contributed by atoms with Crippen molar-refractivity contribution in [2.45, 2.75) is 16.6 Å². The molecule has 18 nitrogen and oxygen atoms in total. The van der Waals surface area contributed by atoms with Gasteiger partial charge in [-0.3, -0.25) is 24.0 Å². The molecule has 2 saturated heterocycles. The number of phenolic OH excluding ortho intramolecular Hbond substituents is 1. The standard InChI is InChI=1S/C25H25ClN10O8S3/c1-35-24(31-33-34-35)47-10-25(22(42)43)8-36-20(41)17(21(36)46-9-25)30-19(40)16(14-7-45-23(29-14)28-11-37)32-44-5-4-27-18(39)13-6-12(26)2-3-15(13)38/h2-3,6-7,11,17,21,38H,4-5,8-10H2,1H3,(H,27,39)(H,30,40)(H,42,43)(H,28,29,37)/t17?,21-,25?/m1/s1. The maximum absolute atomic E-state index is 13.4. The summed E-state index contributed by atoms with van der Waals surface area (Å²) in [7, 11) is 1.63. The van der Waals surface area contributed by atoms with Crippen molar-refractivity contribution in [3.63, 3.8) is 0 Å². The lowest BCUT2D eigenvalue weighted by molar-refractivity contribution is -0.157. The Bertz CT molecular complexity index is 1740. The minimum absolute atomic E-state index is 0.0411. The van der Waals surface area contributed by atoms with E-state index in [4.69, 9.17) is 16.4 Å². The van der Waals surface area contributed by atoms with Gasteiger partial charge in [-0.25, -0.2) is 9.67 Å². The number of oxime groups is 1. The molecule has 0 radical (unpaired) electrons. The van der Waals surface area contributed by atoms with E-state index in [9.17, 15) is 34.2 Å². The van der Waals surface area contributed by atoms with E-state index >= 15 is 0 Å². The molecule has 3 atom stereocenters. The van der Waals surface area contributed by atoms with Crippen LogP contribution in [0.3, 0.4) is 0 Å². The fourth-order valence-electron chi connectivity index (χ4n) is 4.47. The number of β-lactam (4-membered cyclic amide) rings is 1. The van der Waals surface area contributed by atoms with E-state index in [2.05, 4.69) is 41.6 Å². The smallest absolute Gasteiger partial charge is 0.313 e. The molecule has 5 rings (SSSR count). The van der Waals surface area contributed by atoms with E-state index in [1.165, 1.54) is 56.7 Å². The number of thioether (sulfide) groups is 2. The molecular formula is C25H25ClN10O8S3. The molecule has 248 valence electrons.